The predicted octanol–water partition coefficient (Wildman–Crippen LogP) is -0.869. The topological polar surface area (TPSA) is 68.2 Å². The van der Waals surface area contributed by atoms with E-state index in [0.29, 0.717) is 11.3 Å². The summed E-state index contributed by atoms with van der Waals surface area (Å²) in [6.07, 6.45) is -0.890. The van der Waals surface area contributed by atoms with E-state index in [-0.39, 0.29) is 25.2 Å². The first-order valence-electron chi connectivity index (χ1n) is 7.54. The Balaban J connectivity index is 1.92. The fourth-order valence-corrected chi connectivity index (χ4v) is 3.47. The summed E-state index contributed by atoms with van der Waals surface area (Å²) in [6.45, 7) is 1.58. The standard InChI is InChI=1S/C15H19BFNO5/c1-7-12-11(6-19)23-18(13(12)15(20)22-7)5-8-10(17)4-3-9(16)14(8)21-2/h3-4,7,11-13,19H,5-6,16H2,1-2H3/t7-,11-,12?,13?/m0/s1. The molecule has 2 unspecified atom stereocenters. The van der Waals surface area contributed by atoms with Gasteiger partial charge in [-0.15, -0.1) is 0 Å². The Hall–Kier alpha value is -1.64. The van der Waals surface area contributed by atoms with E-state index in [4.69, 9.17) is 14.3 Å². The Labute approximate surface area is 134 Å². The highest BCUT2D eigenvalue weighted by Gasteiger charge is 2.56. The number of benzene rings is 1. The number of aliphatic hydroxyl groups is 1. The molecule has 0 aliphatic carbocycles. The number of hydrogen-bond donors (Lipinski definition) is 1. The number of hydroxylamine groups is 2. The number of hydrogen-bond acceptors (Lipinski definition) is 6. The Morgan fingerprint density at radius 3 is 2.87 bits per heavy atom. The van der Waals surface area contributed by atoms with E-state index in [0.717, 1.165) is 5.46 Å². The number of nitrogens with zero attached hydrogens (tertiary/aromatic N) is 1. The van der Waals surface area contributed by atoms with Gasteiger partial charge in [0.05, 0.1) is 26.2 Å². The van der Waals surface area contributed by atoms with Gasteiger partial charge < -0.3 is 14.6 Å². The molecule has 0 amide bonds. The van der Waals surface area contributed by atoms with Crippen LogP contribution in [0.4, 0.5) is 4.39 Å². The Bertz CT molecular complexity index is 628. The number of aliphatic hydroxyl groups excluding tert-OH is 1. The Kier molecular flexibility index (Phi) is 4.31. The first-order chi connectivity index (χ1) is 11.0. The summed E-state index contributed by atoms with van der Waals surface area (Å²) in [4.78, 5) is 17.8. The van der Waals surface area contributed by atoms with Crippen LogP contribution in [0.15, 0.2) is 12.1 Å². The van der Waals surface area contributed by atoms with Crippen molar-refractivity contribution in [3.63, 3.8) is 0 Å². The fourth-order valence-electron chi connectivity index (χ4n) is 3.47. The fraction of sp³-hybridized carbons (Fsp3) is 0.533. The van der Waals surface area contributed by atoms with Gasteiger partial charge in [-0.3, -0.25) is 9.63 Å². The maximum atomic E-state index is 14.2. The molecule has 3 rings (SSSR count). The lowest BCUT2D eigenvalue weighted by Gasteiger charge is -2.22. The zero-order valence-corrected chi connectivity index (χ0v) is 13.3. The van der Waals surface area contributed by atoms with E-state index in [1.807, 2.05) is 7.85 Å². The van der Waals surface area contributed by atoms with E-state index < -0.39 is 23.9 Å². The first kappa shape index (κ1) is 16.2. The number of ether oxygens (including phenoxy) is 2. The van der Waals surface area contributed by atoms with Crippen LogP contribution in [0.1, 0.15) is 12.5 Å². The molecule has 0 saturated carbocycles. The van der Waals surface area contributed by atoms with Crippen LogP contribution in [0.2, 0.25) is 0 Å². The molecule has 23 heavy (non-hydrogen) atoms. The second-order valence-electron chi connectivity index (χ2n) is 5.94. The third-order valence-electron chi connectivity index (χ3n) is 4.56. The summed E-state index contributed by atoms with van der Waals surface area (Å²) in [5.41, 5.74) is 1.11. The average molecular weight is 323 g/mol. The second kappa shape index (κ2) is 6.11. The summed E-state index contributed by atoms with van der Waals surface area (Å²) in [7, 11) is 3.29. The number of cyclic esters (lactones) is 1. The highest BCUT2D eigenvalue weighted by molar-refractivity contribution is 6.34. The molecule has 0 spiro atoms. The smallest absolute Gasteiger partial charge is 0.326 e. The molecule has 2 aliphatic heterocycles. The summed E-state index contributed by atoms with van der Waals surface area (Å²) in [6, 6.07) is 2.35. The minimum atomic E-state index is -0.647. The number of fused-ring (bicyclic) bond motifs is 1. The van der Waals surface area contributed by atoms with Gasteiger partial charge in [0.1, 0.15) is 37.7 Å². The van der Waals surface area contributed by atoms with Crippen LogP contribution < -0.4 is 10.2 Å². The first-order valence-corrected chi connectivity index (χ1v) is 7.54. The SMILES string of the molecule is Bc1ccc(F)c(CN2O[C@@H](CO)C3C2C(=O)O[C@H]3C)c1OC. The lowest BCUT2D eigenvalue weighted by molar-refractivity contribution is -0.196. The third kappa shape index (κ3) is 2.60. The normalized spacial score (nSPS) is 30.3. The maximum Gasteiger partial charge on any atom is 0.326 e. The zero-order chi connectivity index (χ0) is 16.7. The summed E-state index contributed by atoms with van der Waals surface area (Å²) >= 11 is 0. The highest BCUT2D eigenvalue weighted by atomic mass is 19.1. The van der Waals surface area contributed by atoms with Crippen molar-refractivity contribution in [2.24, 2.45) is 5.92 Å². The Morgan fingerprint density at radius 1 is 1.48 bits per heavy atom. The van der Waals surface area contributed by atoms with Crippen molar-refractivity contribution in [3.8, 4) is 5.75 Å². The zero-order valence-electron chi connectivity index (χ0n) is 13.3. The van der Waals surface area contributed by atoms with Gasteiger partial charge in [0.15, 0.2) is 0 Å². The summed E-state index contributed by atoms with van der Waals surface area (Å²) in [5.74, 6) is -0.687. The van der Waals surface area contributed by atoms with Crippen LogP contribution in [-0.4, -0.2) is 56.0 Å². The average Bonchev–Trinajstić information content (AvgIpc) is 3.03. The molecular formula is C15H19BFNO5. The van der Waals surface area contributed by atoms with Crippen LogP contribution in [-0.2, 0) is 20.9 Å². The van der Waals surface area contributed by atoms with Gasteiger partial charge in [0.2, 0.25) is 0 Å². The van der Waals surface area contributed by atoms with Crippen molar-refractivity contribution in [1.29, 1.82) is 0 Å². The van der Waals surface area contributed by atoms with Crippen molar-refractivity contribution >= 4 is 19.3 Å². The molecule has 4 atom stereocenters. The molecule has 2 aliphatic rings. The quantitative estimate of drug-likeness (QED) is 0.574. The molecule has 8 heteroatoms. The number of carbonyl (C=O) groups is 1. The van der Waals surface area contributed by atoms with Gasteiger partial charge in [-0.05, 0) is 18.5 Å². The summed E-state index contributed by atoms with van der Waals surface area (Å²) in [5, 5.41) is 10.9. The minimum Gasteiger partial charge on any atom is -0.497 e. The van der Waals surface area contributed by atoms with Gasteiger partial charge in [0, 0.05) is 5.56 Å². The van der Waals surface area contributed by atoms with E-state index in [2.05, 4.69) is 0 Å². The van der Waals surface area contributed by atoms with Gasteiger partial charge >= 0.3 is 5.97 Å². The molecule has 124 valence electrons. The number of carbonyl (C=O) groups excluding carboxylic acids is 1. The molecule has 0 bridgehead atoms. The summed E-state index contributed by atoms with van der Waals surface area (Å²) < 4.78 is 24.8. The molecule has 0 aromatic heterocycles. The van der Waals surface area contributed by atoms with Gasteiger partial charge in [-0.25, -0.2) is 4.39 Å². The maximum absolute atomic E-state index is 14.2. The molecule has 0 radical (unpaired) electrons. The van der Waals surface area contributed by atoms with Crippen LogP contribution in [0.25, 0.3) is 0 Å². The monoisotopic (exact) mass is 323 g/mol. The number of rotatable bonds is 4. The molecule has 1 aromatic rings. The number of methoxy groups -OCH3 is 1. The van der Waals surface area contributed by atoms with Crippen LogP contribution in [0.5, 0.6) is 5.75 Å². The van der Waals surface area contributed by atoms with E-state index in [1.165, 1.54) is 18.2 Å². The molecule has 6 nitrogen and oxygen atoms in total. The predicted molar refractivity (Wildman–Crippen MR) is 81.5 cm³/mol. The molecule has 1 N–H and O–H groups in total. The van der Waals surface area contributed by atoms with Crippen LogP contribution in [0.3, 0.4) is 0 Å². The highest BCUT2D eigenvalue weighted by Crippen LogP contribution is 2.39. The van der Waals surface area contributed by atoms with E-state index in [9.17, 15) is 14.3 Å². The molecule has 1 aromatic carbocycles. The van der Waals surface area contributed by atoms with Crippen molar-refractivity contribution in [2.75, 3.05) is 13.7 Å². The largest absolute Gasteiger partial charge is 0.497 e. The molecular weight excluding hydrogens is 304 g/mol. The minimum absolute atomic E-state index is 0.0379. The lowest BCUT2D eigenvalue weighted by atomic mass is 9.91. The molecule has 2 heterocycles. The van der Waals surface area contributed by atoms with Gasteiger partial charge in [-0.2, -0.15) is 5.06 Å². The molecule has 2 fully saturated rings. The van der Waals surface area contributed by atoms with Gasteiger partial charge in [-0.1, -0.05) is 6.07 Å². The van der Waals surface area contributed by atoms with E-state index in [1.54, 1.807) is 13.0 Å². The van der Waals surface area contributed by atoms with Crippen molar-refractivity contribution in [2.45, 2.75) is 31.7 Å². The van der Waals surface area contributed by atoms with Crippen molar-refractivity contribution < 1.29 is 28.6 Å². The van der Waals surface area contributed by atoms with Crippen molar-refractivity contribution in [1.82, 2.24) is 5.06 Å². The van der Waals surface area contributed by atoms with Gasteiger partial charge in [0.25, 0.3) is 0 Å². The third-order valence-corrected chi connectivity index (χ3v) is 4.56. The number of halogens is 1. The molecule has 2 saturated heterocycles. The second-order valence-corrected chi connectivity index (χ2v) is 5.94. The number of esters is 1. The lowest BCUT2D eigenvalue weighted by Crippen LogP contribution is -2.36. The Morgan fingerprint density at radius 2 is 2.22 bits per heavy atom. The van der Waals surface area contributed by atoms with Crippen LogP contribution in [0, 0.1) is 11.7 Å². The van der Waals surface area contributed by atoms with E-state index >= 15 is 0 Å². The van der Waals surface area contributed by atoms with Crippen LogP contribution >= 0.6 is 0 Å². The van der Waals surface area contributed by atoms with Crippen molar-refractivity contribution in [3.05, 3.63) is 23.5 Å².